The van der Waals surface area contributed by atoms with Crippen LogP contribution in [0, 0.1) is 29.1 Å². The van der Waals surface area contributed by atoms with Crippen molar-refractivity contribution in [1.82, 2.24) is 0 Å². The van der Waals surface area contributed by atoms with E-state index < -0.39 is 0 Å². The maximum absolute atomic E-state index is 2.52. The summed E-state index contributed by atoms with van der Waals surface area (Å²) in [5.41, 5.74) is 9.46. The monoisotopic (exact) mass is 436 g/mol. The highest BCUT2D eigenvalue weighted by Gasteiger charge is 2.37. The van der Waals surface area contributed by atoms with Gasteiger partial charge in [-0.3, -0.25) is 0 Å². The normalized spacial score (nSPS) is 32.4. The number of benzene rings is 1. The Morgan fingerprint density at radius 1 is 0.848 bits per heavy atom. The van der Waals surface area contributed by atoms with Crippen molar-refractivity contribution >= 4 is 12.2 Å². The highest BCUT2D eigenvalue weighted by molar-refractivity contribution is 5.75. The van der Waals surface area contributed by atoms with E-state index in [0.717, 1.165) is 0 Å². The molecule has 0 N–H and O–H groups in total. The third-order valence-electron chi connectivity index (χ3n) is 8.86. The summed E-state index contributed by atoms with van der Waals surface area (Å²) in [6.45, 7) is 14.4. The summed E-state index contributed by atoms with van der Waals surface area (Å²) in [6.07, 6.45) is 26.3. The molecule has 0 fully saturated rings. The van der Waals surface area contributed by atoms with Gasteiger partial charge in [0.1, 0.15) is 0 Å². The molecule has 0 radical (unpaired) electrons. The Morgan fingerprint density at radius 3 is 2.30 bits per heavy atom. The molecule has 1 aromatic carbocycles. The number of allylic oxidation sites excluding steroid dienone is 10. The molecule has 6 atom stereocenters. The second-order valence-corrected chi connectivity index (χ2v) is 11.8. The molecule has 1 aromatic rings. The van der Waals surface area contributed by atoms with Crippen molar-refractivity contribution < 1.29 is 0 Å². The Morgan fingerprint density at radius 2 is 1.55 bits per heavy atom. The van der Waals surface area contributed by atoms with Crippen molar-refractivity contribution in [3.8, 4) is 0 Å². The molecular formula is C33H40. The van der Waals surface area contributed by atoms with Crippen molar-refractivity contribution in [2.45, 2.75) is 66.2 Å². The van der Waals surface area contributed by atoms with E-state index in [1.54, 1.807) is 11.1 Å². The van der Waals surface area contributed by atoms with Gasteiger partial charge in [-0.1, -0.05) is 126 Å². The molecule has 4 aliphatic rings. The fourth-order valence-corrected chi connectivity index (χ4v) is 6.50. The van der Waals surface area contributed by atoms with E-state index in [4.69, 9.17) is 0 Å². The van der Waals surface area contributed by atoms with Gasteiger partial charge in [0.2, 0.25) is 0 Å². The molecule has 0 aromatic heterocycles. The number of hydrogen-bond acceptors (Lipinski definition) is 0. The second-order valence-electron chi connectivity index (χ2n) is 11.8. The Balaban J connectivity index is 1.65. The van der Waals surface area contributed by atoms with Crippen LogP contribution in [0.5, 0.6) is 0 Å². The zero-order chi connectivity index (χ0) is 23.3. The van der Waals surface area contributed by atoms with Gasteiger partial charge in [0, 0.05) is 17.8 Å². The van der Waals surface area contributed by atoms with Crippen molar-refractivity contribution in [3.63, 3.8) is 0 Å². The fraction of sp³-hybridized carbons (Fsp3) is 0.455. The molecule has 0 amide bonds. The number of hydrogen-bond donors (Lipinski definition) is 0. The summed E-state index contributed by atoms with van der Waals surface area (Å²) in [5, 5.41) is 0. The van der Waals surface area contributed by atoms with Crippen LogP contribution in [0.4, 0.5) is 0 Å². The molecular weight excluding hydrogens is 396 g/mol. The van der Waals surface area contributed by atoms with E-state index in [1.165, 1.54) is 35.1 Å². The SMILES string of the molecule is CCC1CC(C(C)(C)C)=CC=C1C1c2ccc3c(c2C=CC(C)C1C)C=CC1C=CC=CC31. The lowest BCUT2D eigenvalue weighted by molar-refractivity contribution is 0.367. The van der Waals surface area contributed by atoms with E-state index in [-0.39, 0.29) is 5.41 Å². The molecule has 0 spiro atoms. The highest BCUT2D eigenvalue weighted by Crippen LogP contribution is 2.50. The molecule has 0 saturated heterocycles. The van der Waals surface area contributed by atoms with Crippen LogP contribution >= 0.6 is 0 Å². The summed E-state index contributed by atoms with van der Waals surface area (Å²) >= 11 is 0. The zero-order valence-electron chi connectivity index (χ0n) is 21.3. The van der Waals surface area contributed by atoms with Gasteiger partial charge in [-0.2, -0.15) is 0 Å². The third kappa shape index (κ3) is 3.86. The minimum atomic E-state index is 0.250. The first kappa shape index (κ1) is 22.5. The fourth-order valence-electron chi connectivity index (χ4n) is 6.50. The van der Waals surface area contributed by atoms with Crippen LogP contribution < -0.4 is 0 Å². The van der Waals surface area contributed by atoms with Crippen molar-refractivity contribution in [2.75, 3.05) is 0 Å². The molecule has 172 valence electrons. The van der Waals surface area contributed by atoms with E-state index in [9.17, 15) is 0 Å². The van der Waals surface area contributed by atoms with Crippen LogP contribution in [-0.2, 0) is 0 Å². The smallest absolute Gasteiger partial charge is 0.0125 e. The lowest BCUT2D eigenvalue weighted by atomic mass is 9.66. The molecule has 6 unspecified atom stereocenters. The van der Waals surface area contributed by atoms with Gasteiger partial charge < -0.3 is 0 Å². The lowest BCUT2D eigenvalue weighted by Crippen LogP contribution is -2.25. The molecule has 4 aliphatic carbocycles. The summed E-state index contributed by atoms with van der Waals surface area (Å²) in [4.78, 5) is 0. The molecule has 0 nitrogen and oxygen atoms in total. The van der Waals surface area contributed by atoms with Crippen LogP contribution in [0.1, 0.15) is 88.5 Å². The van der Waals surface area contributed by atoms with Crippen molar-refractivity contribution in [2.24, 2.45) is 29.1 Å². The molecule has 0 heteroatoms. The minimum absolute atomic E-state index is 0.250. The van der Waals surface area contributed by atoms with Gasteiger partial charge in [0.05, 0.1) is 0 Å². The zero-order valence-corrected chi connectivity index (χ0v) is 21.3. The van der Waals surface area contributed by atoms with Gasteiger partial charge in [0.15, 0.2) is 0 Å². The second kappa shape index (κ2) is 8.46. The predicted molar refractivity (Wildman–Crippen MR) is 144 cm³/mol. The molecule has 33 heavy (non-hydrogen) atoms. The van der Waals surface area contributed by atoms with Crippen LogP contribution in [-0.4, -0.2) is 0 Å². The highest BCUT2D eigenvalue weighted by atomic mass is 14.4. The Bertz CT molecular complexity index is 1110. The lowest BCUT2D eigenvalue weighted by Gasteiger charge is -2.38. The topological polar surface area (TPSA) is 0 Å². The molecule has 0 aliphatic heterocycles. The first-order valence-corrected chi connectivity index (χ1v) is 13.1. The average Bonchev–Trinajstić information content (AvgIpc) is 2.94. The van der Waals surface area contributed by atoms with E-state index >= 15 is 0 Å². The molecule has 0 bridgehead atoms. The number of rotatable bonds is 2. The first-order valence-electron chi connectivity index (χ1n) is 13.1. The summed E-state index contributed by atoms with van der Waals surface area (Å²) in [7, 11) is 0. The van der Waals surface area contributed by atoms with Crippen molar-refractivity contribution in [3.05, 3.63) is 94.1 Å². The standard InChI is InChI=1S/C33H40/c1-7-23-20-25(33(4,5)6)14-17-27(23)32-22(3)21(2)12-15-30-29-16-13-24-10-8-9-11-26(24)28(29)18-19-31(30)32/h8-19,21-24,26,32H,7,20H2,1-6H3. The Kier molecular flexibility index (Phi) is 5.76. The third-order valence-corrected chi connectivity index (χ3v) is 8.86. The molecule has 5 rings (SSSR count). The van der Waals surface area contributed by atoms with Gasteiger partial charge in [-0.15, -0.1) is 0 Å². The molecule has 0 saturated carbocycles. The van der Waals surface area contributed by atoms with Gasteiger partial charge in [-0.25, -0.2) is 0 Å². The van der Waals surface area contributed by atoms with Crippen LogP contribution in [0.25, 0.3) is 12.2 Å². The average molecular weight is 437 g/mol. The Hall–Kier alpha value is -2.34. The predicted octanol–water partition coefficient (Wildman–Crippen LogP) is 9.25. The number of fused-ring (bicyclic) bond motifs is 5. The van der Waals surface area contributed by atoms with Crippen LogP contribution in [0.3, 0.4) is 0 Å². The summed E-state index contributed by atoms with van der Waals surface area (Å²) in [5.74, 6) is 3.23. The van der Waals surface area contributed by atoms with E-state index in [1.807, 2.05) is 0 Å². The van der Waals surface area contributed by atoms with Crippen LogP contribution in [0.15, 0.2) is 71.9 Å². The first-order chi connectivity index (χ1) is 15.8. The maximum Gasteiger partial charge on any atom is 0.0125 e. The maximum atomic E-state index is 2.52. The van der Waals surface area contributed by atoms with Gasteiger partial charge >= 0.3 is 0 Å². The quantitative estimate of drug-likeness (QED) is 0.433. The van der Waals surface area contributed by atoms with Gasteiger partial charge in [-0.05, 0) is 58.3 Å². The molecule has 0 heterocycles. The van der Waals surface area contributed by atoms with E-state index in [2.05, 4.69) is 114 Å². The van der Waals surface area contributed by atoms with Crippen LogP contribution in [0.2, 0.25) is 0 Å². The Labute approximate surface area is 201 Å². The van der Waals surface area contributed by atoms with Gasteiger partial charge in [0.25, 0.3) is 0 Å². The summed E-state index contributed by atoms with van der Waals surface area (Å²) < 4.78 is 0. The minimum Gasteiger partial charge on any atom is -0.0808 e. The van der Waals surface area contributed by atoms with Crippen molar-refractivity contribution in [1.29, 1.82) is 0 Å². The van der Waals surface area contributed by atoms with E-state index in [0.29, 0.717) is 35.5 Å². The summed E-state index contributed by atoms with van der Waals surface area (Å²) in [6, 6.07) is 4.93. The largest absolute Gasteiger partial charge is 0.0808 e.